The van der Waals surface area contributed by atoms with E-state index in [1.54, 1.807) is 6.07 Å². The fourth-order valence-corrected chi connectivity index (χ4v) is 1.60. The molecule has 94 valence electrons. The molecule has 4 heteroatoms. The van der Waals surface area contributed by atoms with Gasteiger partial charge in [0.25, 0.3) is 0 Å². The Balaban J connectivity index is 2.82. The van der Waals surface area contributed by atoms with Crippen LogP contribution in [0.2, 0.25) is 0 Å². The molecule has 0 aliphatic rings. The molecule has 0 unspecified atom stereocenters. The Morgan fingerprint density at radius 2 is 2.00 bits per heavy atom. The highest BCUT2D eigenvalue weighted by Crippen LogP contribution is 2.26. The number of hydrogen-bond donors (Lipinski definition) is 2. The molecule has 0 aliphatic heterocycles. The van der Waals surface area contributed by atoms with Gasteiger partial charge in [-0.2, -0.15) is 0 Å². The molecule has 0 bridgehead atoms. The maximum Gasteiger partial charge on any atom is 0.158 e. The largest absolute Gasteiger partial charge is 0.504 e. The van der Waals surface area contributed by atoms with Crippen LogP contribution in [0.25, 0.3) is 0 Å². The average Bonchev–Trinajstić information content (AvgIpc) is 2.32. The van der Waals surface area contributed by atoms with E-state index in [4.69, 9.17) is 4.84 Å². The molecule has 17 heavy (non-hydrogen) atoms. The Labute approximate surface area is 102 Å². The quantitative estimate of drug-likeness (QED) is 0.346. The third kappa shape index (κ3) is 3.98. The van der Waals surface area contributed by atoms with Crippen molar-refractivity contribution in [3.63, 3.8) is 0 Å². The lowest BCUT2D eigenvalue weighted by Gasteiger charge is -2.07. The summed E-state index contributed by atoms with van der Waals surface area (Å²) in [5.74, 6) is -0.263. The Hall–Kier alpha value is -1.71. The molecule has 0 heterocycles. The number of aromatic hydroxyl groups is 2. The first kappa shape index (κ1) is 13.4. The molecule has 1 rings (SSSR count). The molecule has 0 saturated heterocycles. The van der Waals surface area contributed by atoms with Gasteiger partial charge in [-0.25, -0.2) is 0 Å². The number of unbranched alkanes of at least 4 members (excludes halogenated alkanes) is 2. The first-order valence-corrected chi connectivity index (χ1v) is 5.81. The summed E-state index contributed by atoms with van der Waals surface area (Å²) in [7, 11) is 1.50. The van der Waals surface area contributed by atoms with Gasteiger partial charge in [-0.15, -0.1) is 0 Å². The summed E-state index contributed by atoms with van der Waals surface area (Å²) < 4.78 is 0. The van der Waals surface area contributed by atoms with Crippen LogP contribution in [0.4, 0.5) is 0 Å². The summed E-state index contributed by atoms with van der Waals surface area (Å²) in [6.07, 6.45) is 4.10. The Bertz CT molecular complexity index is 388. The summed E-state index contributed by atoms with van der Waals surface area (Å²) in [6.45, 7) is 2.14. The van der Waals surface area contributed by atoms with Gasteiger partial charge in [0.1, 0.15) is 7.11 Å². The number of benzene rings is 1. The molecule has 1 aromatic carbocycles. The van der Waals surface area contributed by atoms with Crippen LogP contribution in [0, 0.1) is 0 Å². The van der Waals surface area contributed by atoms with Crippen LogP contribution in [-0.2, 0) is 4.84 Å². The van der Waals surface area contributed by atoms with Crippen molar-refractivity contribution >= 4 is 5.71 Å². The molecule has 0 spiro atoms. The van der Waals surface area contributed by atoms with Gasteiger partial charge in [-0.1, -0.05) is 24.9 Å². The first-order chi connectivity index (χ1) is 8.19. The van der Waals surface area contributed by atoms with Crippen LogP contribution >= 0.6 is 0 Å². The van der Waals surface area contributed by atoms with E-state index in [9.17, 15) is 10.2 Å². The SMILES string of the molecule is CCCCC/C(=N\OC)c1ccc(O)c(O)c1. The van der Waals surface area contributed by atoms with Crippen molar-refractivity contribution in [3.05, 3.63) is 23.8 Å². The average molecular weight is 237 g/mol. The van der Waals surface area contributed by atoms with Crippen molar-refractivity contribution in [3.8, 4) is 11.5 Å². The van der Waals surface area contributed by atoms with Gasteiger partial charge >= 0.3 is 0 Å². The number of phenols is 2. The van der Waals surface area contributed by atoms with Crippen LogP contribution in [0.5, 0.6) is 11.5 Å². The smallest absolute Gasteiger partial charge is 0.158 e. The van der Waals surface area contributed by atoms with Crippen molar-refractivity contribution in [2.75, 3.05) is 7.11 Å². The molecule has 0 saturated carbocycles. The van der Waals surface area contributed by atoms with E-state index in [0.717, 1.165) is 37.0 Å². The van der Waals surface area contributed by atoms with E-state index in [2.05, 4.69) is 12.1 Å². The molecule has 0 fully saturated rings. The maximum absolute atomic E-state index is 9.44. The second-order valence-electron chi connectivity index (χ2n) is 3.88. The fourth-order valence-electron chi connectivity index (χ4n) is 1.60. The van der Waals surface area contributed by atoms with E-state index in [-0.39, 0.29) is 11.5 Å². The first-order valence-electron chi connectivity index (χ1n) is 5.81. The second-order valence-corrected chi connectivity index (χ2v) is 3.88. The number of oxime groups is 1. The minimum Gasteiger partial charge on any atom is -0.504 e. The van der Waals surface area contributed by atoms with Gasteiger partial charge in [0.05, 0.1) is 5.71 Å². The van der Waals surface area contributed by atoms with Crippen LogP contribution < -0.4 is 0 Å². The Morgan fingerprint density at radius 3 is 2.59 bits per heavy atom. The third-order valence-electron chi connectivity index (χ3n) is 2.53. The summed E-state index contributed by atoms with van der Waals surface area (Å²) >= 11 is 0. The van der Waals surface area contributed by atoms with Gasteiger partial charge in [0, 0.05) is 5.56 Å². The van der Waals surface area contributed by atoms with E-state index in [0.29, 0.717) is 0 Å². The van der Waals surface area contributed by atoms with Crippen molar-refractivity contribution < 1.29 is 15.1 Å². The monoisotopic (exact) mass is 237 g/mol. The molecule has 0 aliphatic carbocycles. The topological polar surface area (TPSA) is 62.0 Å². The molecule has 2 N–H and O–H groups in total. The Morgan fingerprint density at radius 1 is 1.24 bits per heavy atom. The lowest BCUT2D eigenvalue weighted by Crippen LogP contribution is -2.01. The number of nitrogens with zero attached hydrogens (tertiary/aromatic N) is 1. The van der Waals surface area contributed by atoms with Crippen LogP contribution in [0.1, 0.15) is 38.2 Å². The second kappa shape index (κ2) is 6.78. The summed E-state index contributed by atoms with van der Waals surface area (Å²) in [4.78, 5) is 4.80. The normalized spacial score (nSPS) is 11.5. The lowest BCUT2D eigenvalue weighted by atomic mass is 10.0. The van der Waals surface area contributed by atoms with E-state index in [1.165, 1.54) is 19.2 Å². The molecule has 0 aromatic heterocycles. The number of hydrogen-bond acceptors (Lipinski definition) is 4. The van der Waals surface area contributed by atoms with Crippen LogP contribution in [0.3, 0.4) is 0 Å². The standard InChI is InChI=1S/C13H19NO3/c1-3-4-5-6-11(14-17-2)10-7-8-12(15)13(16)9-10/h7-9,15-16H,3-6H2,1-2H3/b14-11+. The zero-order valence-corrected chi connectivity index (χ0v) is 10.3. The van der Waals surface area contributed by atoms with E-state index in [1.807, 2.05) is 0 Å². The van der Waals surface area contributed by atoms with Gasteiger partial charge < -0.3 is 15.1 Å². The molecular weight excluding hydrogens is 218 g/mol. The summed E-state index contributed by atoms with van der Waals surface area (Å²) in [6, 6.07) is 4.67. The van der Waals surface area contributed by atoms with Crippen molar-refractivity contribution in [2.45, 2.75) is 32.6 Å². The number of phenolic OH excluding ortho intramolecular Hbond substituents is 2. The fraction of sp³-hybridized carbons (Fsp3) is 0.462. The van der Waals surface area contributed by atoms with Gasteiger partial charge in [0.2, 0.25) is 0 Å². The minimum absolute atomic E-state index is 0.126. The Kier molecular flexibility index (Phi) is 5.33. The highest BCUT2D eigenvalue weighted by molar-refractivity contribution is 6.00. The minimum atomic E-state index is -0.137. The van der Waals surface area contributed by atoms with Crippen molar-refractivity contribution in [1.29, 1.82) is 0 Å². The maximum atomic E-state index is 9.44. The van der Waals surface area contributed by atoms with E-state index < -0.39 is 0 Å². The molecule has 0 amide bonds. The molecular formula is C13H19NO3. The lowest BCUT2D eigenvalue weighted by molar-refractivity contribution is 0.212. The zero-order chi connectivity index (χ0) is 12.7. The summed E-state index contributed by atoms with van der Waals surface area (Å²) in [5, 5.41) is 22.7. The predicted octanol–water partition coefficient (Wildman–Crippen LogP) is 3.03. The van der Waals surface area contributed by atoms with Crippen LogP contribution in [0.15, 0.2) is 23.4 Å². The molecule has 4 nitrogen and oxygen atoms in total. The molecule has 1 aromatic rings. The van der Waals surface area contributed by atoms with E-state index >= 15 is 0 Å². The molecule has 0 radical (unpaired) electrons. The van der Waals surface area contributed by atoms with Gasteiger partial charge in [-0.05, 0) is 31.0 Å². The van der Waals surface area contributed by atoms with Gasteiger partial charge in [0.15, 0.2) is 11.5 Å². The predicted molar refractivity (Wildman–Crippen MR) is 67.5 cm³/mol. The van der Waals surface area contributed by atoms with Gasteiger partial charge in [-0.3, -0.25) is 0 Å². The van der Waals surface area contributed by atoms with Crippen molar-refractivity contribution in [2.24, 2.45) is 5.16 Å². The van der Waals surface area contributed by atoms with Crippen LogP contribution in [-0.4, -0.2) is 23.0 Å². The highest BCUT2D eigenvalue weighted by atomic mass is 16.6. The van der Waals surface area contributed by atoms with Crippen molar-refractivity contribution in [1.82, 2.24) is 0 Å². The zero-order valence-electron chi connectivity index (χ0n) is 10.3. The number of rotatable bonds is 6. The highest BCUT2D eigenvalue weighted by Gasteiger charge is 2.07. The molecule has 0 atom stereocenters. The summed E-state index contributed by atoms with van der Waals surface area (Å²) in [5.41, 5.74) is 1.56. The third-order valence-corrected chi connectivity index (χ3v) is 2.53.